The number of aromatic nitrogens is 5. The van der Waals surface area contributed by atoms with Crippen molar-refractivity contribution in [3.8, 4) is 6.01 Å². The van der Waals surface area contributed by atoms with E-state index in [4.69, 9.17) is 4.74 Å². The van der Waals surface area contributed by atoms with Crippen LogP contribution in [-0.4, -0.2) is 41.9 Å². The minimum Gasteiger partial charge on any atom is -0.457 e. The van der Waals surface area contributed by atoms with Gasteiger partial charge in [0.05, 0.1) is 12.7 Å². The molecule has 0 aliphatic carbocycles. The summed E-state index contributed by atoms with van der Waals surface area (Å²) in [7, 11) is 1.94. The maximum absolute atomic E-state index is 6.11. The zero-order chi connectivity index (χ0) is 17.2. The maximum atomic E-state index is 6.11. The molecule has 0 bridgehead atoms. The van der Waals surface area contributed by atoms with Crippen molar-refractivity contribution < 1.29 is 4.74 Å². The van der Waals surface area contributed by atoms with E-state index < -0.39 is 0 Å². The predicted molar refractivity (Wildman–Crippen MR) is 92.9 cm³/mol. The molecule has 7 heteroatoms. The highest BCUT2D eigenvalue weighted by molar-refractivity contribution is 5.11. The molecule has 1 aliphatic rings. The highest BCUT2D eigenvalue weighted by Gasteiger charge is 2.24. The van der Waals surface area contributed by atoms with Crippen molar-refractivity contribution in [3.63, 3.8) is 0 Å². The molecule has 1 unspecified atom stereocenters. The zero-order valence-corrected chi connectivity index (χ0v) is 14.5. The predicted octanol–water partition coefficient (Wildman–Crippen LogP) is 1.78. The third-order valence-corrected chi connectivity index (χ3v) is 4.38. The third-order valence-electron chi connectivity index (χ3n) is 4.38. The van der Waals surface area contributed by atoms with E-state index in [-0.39, 0.29) is 6.10 Å². The third kappa shape index (κ3) is 3.71. The van der Waals surface area contributed by atoms with Crippen LogP contribution >= 0.6 is 0 Å². The Bertz CT molecular complexity index is 855. The molecule has 0 N–H and O–H groups in total. The van der Waals surface area contributed by atoms with E-state index in [0.717, 1.165) is 31.9 Å². The molecular formula is C18H22N6O. The van der Waals surface area contributed by atoms with E-state index in [2.05, 4.69) is 49.1 Å². The molecule has 1 aliphatic heterocycles. The van der Waals surface area contributed by atoms with Gasteiger partial charge in [0, 0.05) is 62.2 Å². The number of fused-ring (bicyclic) bond motifs is 1. The quantitative estimate of drug-likeness (QED) is 0.726. The lowest BCUT2D eigenvalue weighted by atomic mass is 10.2. The summed E-state index contributed by atoms with van der Waals surface area (Å²) in [6.45, 7) is 5.28. The van der Waals surface area contributed by atoms with Gasteiger partial charge in [-0.25, -0.2) is 9.97 Å². The van der Waals surface area contributed by atoms with Crippen LogP contribution in [0.1, 0.15) is 17.0 Å². The zero-order valence-electron chi connectivity index (χ0n) is 14.5. The first kappa shape index (κ1) is 15.8. The Morgan fingerprint density at radius 3 is 3.00 bits per heavy atom. The van der Waals surface area contributed by atoms with Crippen LogP contribution in [0.3, 0.4) is 0 Å². The molecule has 0 aromatic carbocycles. The summed E-state index contributed by atoms with van der Waals surface area (Å²) >= 11 is 0. The smallest absolute Gasteiger partial charge is 0.316 e. The molecule has 0 amide bonds. The first-order chi connectivity index (χ1) is 12.2. The summed E-state index contributed by atoms with van der Waals surface area (Å²) < 4.78 is 10.2. The van der Waals surface area contributed by atoms with E-state index >= 15 is 0 Å². The SMILES string of the molecule is Cc1ccnc(OC2CN(Cc3cnn(C)c3)Cc3cccn3C2)n1. The van der Waals surface area contributed by atoms with Gasteiger partial charge in [-0.1, -0.05) is 0 Å². The van der Waals surface area contributed by atoms with Crippen LogP contribution in [0, 0.1) is 6.92 Å². The van der Waals surface area contributed by atoms with Crippen molar-refractivity contribution in [3.05, 3.63) is 59.9 Å². The van der Waals surface area contributed by atoms with E-state index in [1.54, 1.807) is 6.20 Å². The fourth-order valence-corrected chi connectivity index (χ4v) is 3.27. The number of aryl methyl sites for hydroxylation is 2. The largest absolute Gasteiger partial charge is 0.457 e. The Labute approximate surface area is 146 Å². The number of hydrogen-bond donors (Lipinski definition) is 0. The lowest BCUT2D eigenvalue weighted by Crippen LogP contribution is -2.35. The molecule has 7 nitrogen and oxygen atoms in total. The van der Waals surface area contributed by atoms with Crippen LogP contribution in [0.15, 0.2) is 43.0 Å². The lowest BCUT2D eigenvalue weighted by Gasteiger charge is -2.23. The van der Waals surface area contributed by atoms with Crippen LogP contribution in [0.5, 0.6) is 6.01 Å². The molecule has 3 aromatic rings. The molecule has 0 radical (unpaired) electrons. The Balaban J connectivity index is 1.54. The number of rotatable bonds is 4. The first-order valence-electron chi connectivity index (χ1n) is 8.46. The molecular weight excluding hydrogens is 316 g/mol. The minimum atomic E-state index is -0.00729. The second kappa shape index (κ2) is 6.68. The van der Waals surface area contributed by atoms with Crippen molar-refractivity contribution in [1.29, 1.82) is 0 Å². The molecule has 25 heavy (non-hydrogen) atoms. The van der Waals surface area contributed by atoms with Crippen molar-refractivity contribution in [2.75, 3.05) is 6.54 Å². The van der Waals surface area contributed by atoms with Crippen molar-refractivity contribution >= 4 is 0 Å². The molecule has 3 aromatic heterocycles. The molecule has 0 saturated heterocycles. The standard InChI is InChI=1S/C18H22N6O/c1-14-5-6-19-18(21-14)25-17-12-23(10-15-8-20-22(2)9-15)11-16-4-3-7-24(16)13-17/h3-9,17H,10-13H2,1-2H3. The molecule has 0 spiro atoms. The molecule has 0 saturated carbocycles. The minimum absolute atomic E-state index is 0.00729. The number of hydrogen-bond acceptors (Lipinski definition) is 5. The Kier molecular flexibility index (Phi) is 4.23. The lowest BCUT2D eigenvalue weighted by molar-refractivity contribution is 0.114. The molecule has 130 valence electrons. The van der Waals surface area contributed by atoms with E-state index in [9.17, 15) is 0 Å². The van der Waals surface area contributed by atoms with Crippen molar-refractivity contribution in [1.82, 2.24) is 29.2 Å². The van der Waals surface area contributed by atoms with Gasteiger partial charge in [0.2, 0.25) is 0 Å². The second-order valence-corrected chi connectivity index (χ2v) is 6.56. The van der Waals surface area contributed by atoms with Gasteiger partial charge in [0.1, 0.15) is 6.10 Å². The Morgan fingerprint density at radius 2 is 2.20 bits per heavy atom. The van der Waals surface area contributed by atoms with Gasteiger partial charge in [-0.3, -0.25) is 9.58 Å². The molecule has 4 rings (SSSR count). The van der Waals surface area contributed by atoms with Crippen LogP contribution in [0.4, 0.5) is 0 Å². The second-order valence-electron chi connectivity index (χ2n) is 6.56. The summed E-state index contributed by atoms with van der Waals surface area (Å²) in [4.78, 5) is 11.0. The topological polar surface area (TPSA) is 61.0 Å². The summed E-state index contributed by atoms with van der Waals surface area (Å²) in [5.41, 5.74) is 3.40. The van der Waals surface area contributed by atoms with Gasteiger partial charge in [0.25, 0.3) is 0 Å². The number of nitrogens with zero attached hydrogens (tertiary/aromatic N) is 6. The highest BCUT2D eigenvalue weighted by atomic mass is 16.5. The summed E-state index contributed by atoms with van der Waals surface area (Å²) in [5.74, 6) is 0. The number of ether oxygens (including phenoxy) is 1. The molecule has 0 fully saturated rings. The maximum Gasteiger partial charge on any atom is 0.316 e. The average molecular weight is 338 g/mol. The van der Waals surface area contributed by atoms with Crippen LogP contribution < -0.4 is 4.74 Å². The summed E-state index contributed by atoms with van der Waals surface area (Å²) in [6.07, 6.45) is 7.82. The van der Waals surface area contributed by atoms with Gasteiger partial charge in [-0.2, -0.15) is 5.10 Å². The summed E-state index contributed by atoms with van der Waals surface area (Å²) in [6, 6.07) is 6.57. The van der Waals surface area contributed by atoms with Gasteiger partial charge < -0.3 is 9.30 Å². The van der Waals surface area contributed by atoms with E-state index in [1.807, 2.05) is 30.9 Å². The van der Waals surface area contributed by atoms with Crippen molar-refractivity contribution in [2.24, 2.45) is 7.05 Å². The molecule has 4 heterocycles. The van der Waals surface area contributed by atoms with E-state index in [0.29, 0.717) is 6.01 Å². The monoisotopic (exact) mass is 338 g/mol. The highest BCUT2D eigenvalue weighted by Crippen LogP contribution is 2.18. The molecule has 1 atom stereocenters. The van der Waals surface area contributed by atoms with Gasteiger partial charge >= 0.3 is 6.01 Å². The Morgan fingerprint density at radius 1 is 1.28 bits per heavy atom. The van der Waals surface area contributed by atoms with Crippen LogP contribution in [-0.2, 0) is 26.7 Å². The normalized spacial score (nSPS) is 17.9. The van der Waals surface area contributed by atoms with Crippen LogP contribution in [0.25, 0.3) is 0 Å². The van der Waals surface area contributed by atoms with Gasteiger partial charge in [-0.15, -0.1) is 0 Å². The van der Waals surface area contributed by atoms with Gasteiger partial charge in [-0.05, 0) is 25.1 Å². The fraction of sp³-hybridized carbons (Fsp3) is 0.389. The van der Waals surface area contributed by atoms with Gasteiger partial charge in [0.15, 0.2) is 0 Å². The van der Waals surface area contributed by atoms with Crippen molar-refractivity contribution in [2.45, 2.75) is 32.7 Å². The average Bonchev–Trinajstić information content (AvgIpc) is 3.13. The first-order valence-corrected chi connectivity index (χ1v) is 8.46. The Hall–Kier alpha value is -2.67. The van der Waals surface area contributed by atoms with E-state index in [1.165, 1.54) is 11.3 Å². The van der Waals surface area contributed by atoms with Crippen LogP contribution in [0.2, 0.25) is 0 Å². The summed E-state index contributed by atoms with van der Waals surface area (Å²) in [5, 5.41) is 4.27. The fourth-order valence-electron chi connectivity index (χ4n) is 3.27.